The van der Waals surface area contributed by atoms with Crippen molar-refractivity contribution in [3.05, 3.63) is 36.3 Å². The third-order valence-electron chi connectivity index (χ3n) is 5.70. The van der Waals surface area contributed by atoms with Crippen molar-refractivity contribution >= 4 is 16.9 Å². The van der Waals surface area contributed by atoms with Crippen LogP contribution in [0.5, 0.6) is 0 Å². The molecule has 2 saturated heterocycles. The highest BCUT2D eigenvalue weighted by Crippen LogP contribution is 2.33. The minimum absolute atomic E-state index is 0.108. The molecule has 0 aromatic carbocycles. The first-order chi connectivity index (χ1) is 12.8. The zero-order valence-corrected chi connectivity index (χ0v) is 14.4. The zero-order chi connectivity index (χ0) is 17.5. The van der Waals surface area contributed by atoms with Gasteiger partial charge in [0.1, 0.15) is 5.65 Å². The lowest BCUT2D eigenvalue weighted by atomic mass is 9.83. The van der Waals surface area contributed by atoms with Gasteiger partial charge in [0.05, 0.1) is 17.5 Å². The van der Waals surface area contributed by atoms with E-state index in [2.05, 4.69) is 20.2 Å². The molecule has 134 valence electrons. The van der Waals surface area contributed by atoms with Crippen LogP contribution in [0, 0.1) is 5.92 Å². The summed E-state index contributed by atoms with van der Waals surface area (Å²) in [5.41, 5.74) is 3.20. The molecule has 7 nitrogen and oxygen atoms in total. The molecule has 2 N–H and O–H groups in total. The number of fused-ring (bicyclic) bond motifs is 1. The molecule has 0 spiro atoms. The van der Waals surface area contributed by atoms with E-state index in [1.165, 1.54) is 0 Å². The maximum Gasteiger partial charge on any atom is 0.256 e. The van der Waals surface area contributed by atoms with E-state index in [0.29, 0.717) is 17.5 Å². The van der Waals surface area contributed by atoms with Crippen LogP contribution in [0.25, 0.3) is 22.3 Å². The lowest BCUT2D eigenvalue weighted by Gasteiger charge is -2.46. The molecule has 7 heteroatoms. The van der Waals surface area contributed by atoms with Crippen LogP contribution in [0.1, 0.15) is 29.6 Å². The molecule has 0 bridgehead atoms. The Kier molecular flexibility index (Phi) is 3.74. The molecule has 1 atom stereocenters. The zero-order valence-electron chi connectivity index (χ0n) is 14.4. The first-order valence-electron chi connectivity index (χ1n) is 9.17. The fourth-order valence-electron chi connectivity index (χ4n) is 4.14. The van der Waals surface area contributed by atoms with Gasteiger partial charge < -0.3 is 14.6 Å². The highest BCUT2D eigenvalue weighted by Gasteiger charge is 2.39. The van der Waals surface area contributed by atoms with Gasteiger partial charge in [0.2, 0.25) is 0 Å². The van der Waals surface area contributed by atoms with Crippen LogP contribution in [0.2, 0.25) is 0 Å². The summed E-state index contributed by atoms with van der Waals surface area (Å²) in [5, 5.41) is 7.63. The molecular weight excluding hydrogens is 330 g/mol. The molecule has 0 aliphatic carbocycles. The normalized spacial score (nSPS) is 21.1. The Balaban J connectivity index is 1.41. The van der Waals surface area contributed by atoms with Gasteiger partial charge in [-0.05, 0) is 37.3 Å². The molecule has 0 radical (unpaired) electrons. The number of aromatic nitrogens is 4. The van der Waals surface area contributed by atoms with E-state index in [0.717, 1.165) is 61.3 Å². The van der Waals surface area contributed by atoms with Gasteiger partial charge in [0.15, 0.2) is 0 Å². The molecule has 26 heavy (non-hydrogen) atoms. The predicted octanol–water partition coefficient (Wildman–Crippen LogP) is 2.59. The molecule has 2 aliphatic heterocycles. The van der Waals surface area contributed by atoms with Crippen LogP contribution in [0.15, 0.2) is 30.7 Å². The average Bonchev–Trinajstić information content (AvgIpc) is 3.31. The highest BCUT2D eigenvalue weighted by atomic mass is 16.5. The second-order valence-electron chi connectivity index (χ2n) is 7.09. The topological polar surface area (TPSA) is 86.9 Å². The smallest absolute Gasteiger partial charge is 0.256 e. The van der Waals surface area contributed by atoms with E-state index in [4.69, 9.17) is 4.74 Å². The molecule has 3 aromatic rings. The monoisotopic (exact) mass is 351 g/mol. The van der Waals surface area contributed by atoms with Gasteiger partial charge in [-0.3, -0.25) is 9.89 Å². The van der Waals surface area contributed by atoms with Crippen molar-refractivity contribution < 1.29 is 9.53 Å². The Morgan fingerprint density at radius 1 is 1.19 bits per heavy atom. The van der Waals surface area contributed by atoms with Crippen LogP contribution in [-0.2, 0) is 4.74 Å². The first-order valence-corrected chi connectivity index (χ1v) is 9.17. The minimum Gasteiger partial charge on any atom is -0.381 e. The third kappa shape index (κ3) is 2.50. The number of ether oxygens (including phenoxy) is 1. The summed E-state index contributed by atoms with van der Waals surface area (Å²) in [6.45, 7) is 2.47. The molecule has 0 saturated carbocycles. The lowest BCUT2D eigenvalue weighted by molar-refractivity contribution is -0.00802. The summed E-state index contributed by atoms with van der Waals surface area (Å²) in [6.07, 6.45) is 8.54. The van der Waals surface area contributed by atoms with E-state index < -0.39 is 0 Å². The summed E-state index contributed by atoms with van der Waals surface area (Å²) in [5.74, 6) is 0.675. The number of amides is 1. The number of rotatable bonds is 3. The van der Waals surface area contributed by atoms with Crippen LogP contribution in [0.4, 0.5) is 0 Å². The van der Waals surface area contributed by atoms with Crippen LogP contribution < -0.4 is 0 Å². The Morgan fingerprint density at radius 2 is 2.08 bits per heavy atom. The first kappa shape index (κ1) is 15.6. The van der Waals surface area contributed by atoms with Gasteiger partial charge in [-0.15, -0.1) is 0 Å². The van der Waals surface area contributed by atoms with Gasteiger partial charge in [0, 0.05) is 49.1 Å². The van der Waals surface area contributed by atoms with Gasteiger partial charge >= 0.3 is 0 Å². The van der Waals surface area contributed by atoms with Crippen LogP contribution in [0.3, 0.4) is 0 Å². The van der Waals surface area contributed by atoms with Crippen LogP contribution in [-0.4, -0.2) is 56.8 Å². The third-order valence-corrected chi connectivity index (χ3v) is 5.70. The Morgan fingerprint density at radius 3 is 2.81 bits per heavy atom. The largest absolute Gasteiger partial charge is 0.381 e. The molecule has 5 rings (SSSR count). The van der Waals surface area contributed by atoms with Gasteiger partial charge in [0.25, 0.3) is 5.91 Å². The van der Waals surface area contributed by atoms with Gasteiger partial charge in [-0.1, -0.05) is 0 Å². The van der Waals surface area contributed by atoms with E-state index >= 15 is 0 Å². The van der Waals surface area contributed by atoms with Gasteiger partial charge in [-0.2, -0.15) is 5.10 Å². The highest BCUT2D eigenvalue weighted by molar-refractivity contribution is 6.06. The molecule has 5 heterocycles. The number of hydrogen-bond donors (Lipinski definition) is 2. The number of pyridine rings is 1. The Labute approximate surface area is 150 Å². The number of hydrogen-bond acceptors (Lipinski definition) is 4. The number of aromatic amines is 2. The minimum atomic E-state index is 0.108. The van der Waals surface area contributed by atoms with Crippen molar-refractivity contribution in [1.82, 2.24) is 25.1 Å². The standard InChI is InChI=1S/C19H21N5O2/c25-19(24-6-3-17(24)12-4-7-26-8-5-12)15-11-20-18-14(15)1-2-16(23-18)13-9-21-22-10-13/h1-2,9-12,17H,3-8H2,(H,20,23)(H,21,22). The van der Waals surface area contributed by atoms with Crippen molar-refractivity contribution in [3.8, 4) is 11.3 Å². The average molecular weight is 351 g/mol. The number of carbonyl (C=O) groups excluding carboxylic acids is 1. The SMILES string of the molecule is O=C(c1c[nH]c2nc(-c3cn[nH]c3)ccc12)N1CCC1C1CCOCC1. The van der Waals surface area contributed by atoms with Gasteiger partial charge in [-0.25, -0.2) is 4.98 Å². The summed E-state index contributed by atoms with van der Waals surface area (Å²) in [6, 6.07) is 4.26. The van der Waals surface area contributed by atoms with Crippen molar-refractivity contribution in [3.63, 3.8) is 0 Å². The summed E-state index contributed by atoms with van der Waals surface area (Å²) in [7, 11) is 0. The fourth-order valence-corrected chi connectivity index (χ4v) is 4.14. The number of likely N-dealkylation sites (tertiary alicyclic amines) is 1. The molecule has 1 amide bonds. The van der Waals surface area contributed by atoms with Crippen molar-refractivity contribution in [2.24, 2.45) is 5.92 Å². The van der Waals surface area contributed by atoms with E-state index in [-0.39, 0.29) is 5.91 Å². The van der Waals surface area contributed by atoms with Crippen molar-refractivity contribution in [2.75, 3.05) is 19.8 Å². The van der Waals surface area contributed by atoms with Crippen molar-refractivity contribution in [1.29, 1.82) is 0 Å². The number of carbonyl (C=O) groups is 1. The summed E-state index contributed by atoms with van der Waals surface area (Å²) < 4.78 is 5.46. The molecule has 1 unspecified atom stereocenters. The molecule has 3 aromatic heterocycles. The molecule has 2 fully saturated rings. The summed E-state index contributed by atoms with van der Waals surface area (Å²) in [4.78, 5) is 22.9. The van der Waals surface area contributed by atoms with Crippen molar-refractivity contribution in [2.45, 2.75) is 25.3 Å². The quantitative estimate of drug-likeness (QED) is 0.759. The molecule has 2 aliphatic rings. The Bertz CT molecular complexity index is 927. The second kappa shape index (κ2) is 6.25. The second-order valence-corrected chi connectivity index (χ2v) is 7.09. The lowest BCUT2D eigenvalue weighted by Crippen LogP contribution is -2.55. The fraction of sp³-hybridized carbons (Fsp3) is 0.421. The number of nitrogens with one attached hydrogen (secondary N) is 2. The summed E-state index contributed by atoms with van der Waals surface area (Å²) >= 11 is 0. The van der Waals surface area contributed by atoms with Crippen LogP contribution >= 0.6 is 0 Å². The Hall–Kier alpha value is -2.67. The van der Waals surface area contributed by atoms with E-state index in [1.807, 2.05) is 23.2 Å². The maximum absolute atomic E-state index is 13.1. The number of nitrogens with zero attached hydrogens (tertiary/aromatic N) is 3. The predicted molar refractivity (Wildman–Crippen MR) is 96.7 cm³/mol. The molecular formula is C19H21N5O2. The van der Waals surface area contributed by atoms with E-state index in [1.54, 1.807) is 12.4 Å². The van der Waals surface area contributed by atoms with E-state index in [9.17, 15) is 4.79 Å². The number of H-pyrrole nitrogens is 2. The maximum atomic E-state index is 13.1.